The number of nitrogens with zero attached hydrogens (tertiary/aromatic N) is 3. The number of nitrogen functional groups attached to an aromatic ring is 1. The maximum absolute atomic E-state index is 12.1. The molecular formula is C39H39Br3N12O12. The number of halogens is 3. The number of ether oxygens (including phenoxy) is 1. The molecule has 0 bridgehead atoms. The van der Waals surface area contributed by atoms with E-state index in [1.54, 1.807) is 78.7 Å². The Morgan fingerprint density at radius 3 is 1.52 bits per heavy atom. The molecule has 0 spiro atoms. The molecular weight excluding hydrogens is 1070 g/mol. The molecule has 0 radical (unpaired) electrons. The maximum atomic E-state index is 12.1. The van der Waals surface area contributed by atoms with Gasteiger partial charge in [0, 0.05) is 42.3 Å². The van der Waals surface area contributed by atoms with Gasteiger partial charge < -0.3 is 46.0 Å². The third kappa shape index (κ3) is 11.7. The van der Waals surface area contributed by atoms with Crippen molar-refractivity contribution in [1.82, 2.24) is 45.3 Å². The number of amides is 3. The first kappa shape index (κ1) is 51.0. The number of benzene rings is 3. The van der Waals surface area contributed by atoms with Crippen LogP contribution in [-0.2, 0) is 0 Å². The van der Waals surface area contributed by atoms with E-state index in [0.29, 0.717) is 11.3 Å². The fraction of sp³-hybridized carbons (Fsp3) is 0.154. The summed E-state index contributed by atoms with van der Waals surface area (Å²) < 4.78 is 5.91. The van der Waals surface area contributed by atoms with E-state index in [1.165, 1.54) is 32.9 Å². The molecule has 0 aliphatic carbocycles. The molecule has 66 heavy (non-hydrogen) atoms. The summed E-state index contributed by atoms with van der Waals surface area (Å²) in [5.41, 5.74) is 3.81. The molecule has 12 N–H and O–H groups in total. The monoisotopic (exact) mass is 1100 g/mol. The van der Waals surface area contributed by atoms with E-state index >= 15 is 0 Å². The SMILES string of the molecule is CN(C)C(=O)c1cccc(N)c1O.CN(C)C(=O)c1cccc(Nc2c(Br)c(=O)[nH][nH]c2=O)c1O.CN(C)C(=O)c1cccc2c1Oc1c(c(=O)[nH][nH]c1=O)N2.O=c1[nH][nH]c(=O)c(Br)c1Br. The zero-order valence-corrected chi connectivity index (χ0v) is 40.0. The summed E-state index contributed by atoms with van der Waals surface area (Å²) >= 11 is 8.84. The summed E-state index contributed by atoms with van der Waals surface area (Å²) in [4.78, 5) is 108. The standard InChI is InChI=1S/C13H13BrN4O4.C13H12N4O4.C9H12N2O2.C4H2Br2N2O2/c1-18(2)13(22)6-4-3-5-7(10(6)19)15-9-8(14)11(20)16-17-12(9)21;1-17(2)13(20)6-4-3-5-7-9(6)21-10-8(14-7)11(18)15-16-12(10)19;1-11(2)9(13)6-4-3-5-7(10)8(6)12;5-1-2(6)4(10)8-7-3(1)9/h3-5,19H,1-2H3,(H,17,21)(H2,15,16,20);3-5,14H,1-2H3,(H,15,18)(H,16,19);3-5,12H,10H2,1-2H3;(H,7,9)(H,8,10). The molecule has 0 atom stereocenters. The van der Waals surface area contributed by atoms with E-state index in [1.807, 2.05) is 0 Å². The van der Waals surface area contributed by atoms with Gasteiger partial charge >= 0.3 is 5.56 Å². The number of carbonyl (C=O) groups is 3. The fourth-order valence-corrected chi connectivity index (χ4v) is 6.13. The number of fused-ring (bicyclic) bond motifs is 2. The van der Waals surface area contributed by atoms with Gasteiger partial charge in [0.2, 0.25) is 5.75 Å². The topological polar surface area (TPSA) is 358 Å². The van der Waals surface area contributed by atoms with Crippen LogP contribution in [0.5, 0.6) is 23.0 Å². The second-order valence-electron chi connectivity index (χ2n) is 13.8. The largest absolute Gasteiger partial charge is 0.505 e. The molecule has 3 amide bonds. The smallest absolute Gasteiger partial charge is 0.307 e. The summed E-state index contributed by atoms with van der Waals surface area (Å²) in [6.07, 6.45) is 0. The second kappa shape index (κ2) is 21.8. The van der Waals surface area contributed by atoms with E-state index < -0.39 is 22.2 Å². The molecule has 24 nitrogen and oxygen atoms in total. The van der Waals surface area contributed by atoms with Crippen LogP contribution in [0.1, 0.15) is 31.1 Å². The Labute approximate surface area is 395 Å². The number of aromatic hydroxyl groups is 2. The van der Waals surface area contributed by atoms with Crippen LogP contribution in [0.25, 0.3) is 0 Å². The van der Waals surface area contributed by atoms with Crippen molar-refractivity contribution in [2.45, 2.75) is 0 Å². The number of nitrogens with two attached hydrogens (primary N) is 1. The quantitative estimate of drug-likeness (QED) is 0.0872. The normalized spacial score (nSPS) is 10.6. The number of phenols is 2. The lowest BCUT2D eigenvalue weighted by Crippen LogP contribution is -2.27. The summed E-state index contributed by atoms with van der Waals surface area (Å²) in [5.74, 6) is -1.32. The Morgan fingerprint density at radius 1 is 0.545 bits per heavy atom. The predicted molar refractivity (Wildman–Crippen MR) is 254 cm³/mol. The molecule has 0 fully saturated rings. The van der Waals surface area contributed by atoms with E-state index in [2.05, 4.69) is 89.0 Å². The molecule has 1 aliphatic rings. The third-order valence-corrected chi connectivity index (χ3v) is 11.3. The first-order chi connectivity index (χ1) is 31.0. The Morgan fingerprint density at radius 2 is 0.970 bits per heavy atom. The first-order valence-electron chi connectivity index (χ1n) is 18.4. The van der Waals surface area contributed by atoms with E-state index in [0.717, 1.165) is 0 Å². The van der Waals surface area contributed by atoms with Crippen LogP contribution in [0.4, 0.5) is 28.4 Å². The number of anilines is 5. The molecule has 7 rings (SSSR count). The van der Waals surface area contributed by atoms with Crippen LogP contribution in [-0.4, -0.2) is 116 Å². The van der Waals surface area contributed by atoms with E-state index in [-0.39, 0.29) is 99.1 Å². The highest BCUT2D eigenvalue weighted by atomic mass is 79.9. The van der Waals surface area contributed by atoms with Crippen molar-refractivity contribution in [2.24, 2.45) is 0 Å². The van der Waals surface area contributed by atoms with E-state index in [4.69, 9.17) is 10.5 Å². The lowest BCUT2D eigenvalue weighted by atomic mass is 10.1. The number of hydrogen-bond donors (Lipinski definition) is 11. The molecule has 1 aliphatic heterocycles. The number of nitrogens with one attached hydrogen (secondary N) is 8. The lowest BCUT2D eigenvalue weighted by molar-refractivity contribution is 0.0817. The first-order valence-corrected chi connectivity index (χ1v) is 20.8. The zero-order chi connectivity index (χ0) is 49.3. The van der Waals surface area contributed by atoms with Crippen molar-refractivity contribution < 1.29 is 29.3 Å². The van der Waals surface area contributed by atoms with E-state index in [9.17, 15) is 53.4 Å². The van der Waals surface area contributed by atoms with Crippen molar-refractivity contribution >= 4 is 93.9 Å². The highest BCUT2D eigenvalue weighted by molar-refractivity contribution is 9.13. The second-order valence-corrected chi connectivity index (χ2v) is 16.2. The van der Waals surface area contributed by atoms with Gasteiger partial charge in [-0.05, 0) is 84.2 Å². The van der Waals surface area contributed by atoms with Crippen LogP contribution < -0.4 is 54.5 Å². The molecule has 0 saturated carbocycles. The van der Waals surface area contributed by atoms with Crippen molar-refractivity contribution in [1.29, 1.82) is 0 Å². The zero-order valence-electron chi connectivity index (χ0n) is 35.2. The number of hydrogen-bond acceptors (Lipinski definition) is 15. The number of H-pyrrole nitrogens is 6. The highest BCUT2D eigenvalue weighted by Crippen LogP contribution is 2.40. The molecule has 3 aromatic carbocycles. The van der Waals surface area contributed by atoms with Crippen molar-refractivity contribution in [3.63, 3.8) is 0 Å². The van der Waals surface area contributed by atoms with Crippen LogP contribution in [0.3, 0.4) is 0 Å². The van der Waals surface area contributed by atoms with Crippen LogP contribution in [0, 0.1) is 0 Å². The predicted octanol–water partition coefficient (Wildman–Crippen LogP) is 2.86. The summed E-state index contributed by atoms with van der Waals surface area (Å²) in [6.45, 7) is 0. The highest BCUT2D eigenvalue weighted by Gasteiger charge is 2.27. The molecule has 348 valence electrons. The summed E-state index contributed by atoms with van der Waals surface area (Å²) in [6, 6.07) is 14.1. The number of phenolic OH excluding ortho intramolecular Hbond substituents is 2. The molecule has 0 unspecified atom stereocenters. The molecule has 27 heteroatoms. The summed E-state index contributed by atoms with van der Waals surface area (Å²) in [7, 11) is 9.57. The Hall–Kier alpha value is -7.65. The molecule has 6 aromatic rings. The van der Waals surface area contributed by atoms with Gasteiger partial charge in [0.15, 0.2) is 22.9 Å². The van der Waals surface area contributed by atoms with Crippen LogP contribution in [0.15, 0.2) is 96.8 Å². The Kier molecular flexibility index (Phi) is 16.9. The minimum atomic E-state index is -0.588. The van der Waals surface area contributed by atoms with Gasteiger partial charge in [-0.2, -0.15) is 0 Å². The average molecular weight is 1110 g/mol. The van der Waals surface area contributed by atoms with Gasteiger partial charge in [0.05, 0.1) is 33.8 Å². The van der Waals surface area contributed by atoms with Crippen molar-refractivity contribution in [2.75, 3.05) is 58.7 Å². The van der Waals surface area contributed by atoms with Gasteiger partial charge in [0.25, 0.3) is 45.5 Å². The number of aromatic amines is 6. The number of carbonyl (C=O) groups excluding carboxylic acids is 3. The lowest BCUT2D eigenvalue weighted by Gasteiger charge is -2.22. The van der Waals surface area contributed by atoms with Crippen molar-refractivity contribution in [3.05, 3.63) is 147 Å². The maximum Gasteiger partial charge on any atom is 0.307 e. The van der Waals surface area contributed by atoms with Gasteiger partial charge in [-0.25, -0.2) is 0 Å². The van der Waals surface area contributed by atoms with Gasteiger partial charge in [-0.15, -0.1) is 0 Å². The average Bonchev–Trinajstić information content (AvgIpc) is 3.29. The van der Waals surface area contributed by atoms with Crippen LogP contribution in [0.2, 0.25) is 0 Å². The Bertz CT molecular complexity index is 3160. The number of aromatic nitrogens is 6. The molecule has 3 aromatic heterocycles. The molecule has 4 heterocycles. The Balaban J connectivity index is 0.000000201. The van der Waals surface area contributed by atoms with Crippen molar-refractivity contribution in [3.8, 4) is 23.0 Å². The minimum absolute atomic E-state index is 0.0139. The number of para-hydroxylation sites is 3. The number of rotatable bonds is 5. The minimum Gasteiger partial charge on any atom is -0.505 e. The van der Waals surface area contributed by atoms with Crippen LogP contribution >= 0.6 is 47.8 Å². The fourth-order valence-electron chi connectivity index (χ4n) is 5.20. The summed E-state index contributed by atoms with van der Waals surface area (Å²) in [5, 5.41) is 38.1. The molecule has 0 saturated heterocycles. The van der Waals surface area contributed by atoms with Gasteiger partial charge in [-0.3, -0.25) is 73.7 Å². The third-order valence-electron chi connectivity index (χ3n) is 8.52. The van der Waals surface area contributed by atoms with Gasteiger partial charge in [-0.1, -0.05) is 18.2 Å². The van der Waals surface area contributed by atoms with Gasteiger partial charge in [0.1, 0.15) is 19.1 Å².